The Morgan fingerprint density at radius 3 is 2.55 bits per heavy atom. The lowest BCUT2D eigenvalue weighted by Gasteiger charge is -2.48. The summed E-state index contributed by atoms with van der Waals surface area (Å²) in [5, 5.41) is 5.62. The molecule has 1 aromatic carbocycles. The number of aryl methyl sites for hydroxylation is 2. The predicted octanol–water partition coefficient (Wildman–Crippen LogP) is 3.07. The average molecular weight is 392 g/mol. The SMILES string of the molecule is C=CC(=O)N1CCC1(C)C(=O)Nc1cc(C(=O)Nc2cc(C)ccn2)ccc1C. The molecule has 1 atom stereocenters. The van der Waals surface area contributed by atoms with Gasteiger partial charge in [0.05, 0.1) is 0 Å². The summed E-state index contributed by atoms with van der Waals surface area (Å²) < 4.78 is 0. The molecule has 1 aromatic heterocycles. The van der Waals surface area contributed by atoms with Crippen LogP contribution in [0.5, 0.6) is 0 Å². The van der Waals surface area contributed by atoms with Crippen molar-refractivity contribution in [1.29, 1.82) is 0 Å². The summed E-state index contributed by atoms with van der Waals surface area (Å²) >= 11 is 0. The number of likely N-dealkylation sites (tertiary alicyclic amines) is 1. The van der Waals surface area contributed by atoms with Crippen molar-refractivity contribution < 1.29 is 14.4 Å². The number of pyridine rings is 1. The van der Waals surface area contributed by atoms with Crippen molar-refractivity contribution in [2.75, 3.05) is 17.2 Å². The number of carbonyl (C=O) groups excluding carboxylic acids is 3. The van der Waals surface area contributed by atoms with Crippen LogP contribution >= 0.6 is 0 Å². The fourth-order valence-corrected chi connectivity index (χ4v) is 3.21. The smallest absolute Gasteiger partial charge is 0.256 e. The number of rotatable bonds is 5. The summed E-state index contributed by atoms with van der Waals surface area (Å²) in [5.74, 6) is -0.428. The second-order valence-corrected chi connectivity index (χ2v) is 7.37. The van der Waals surface area contributed by atoms with E-state index in [9.17, 15) is 14.4 Å². The van der Waals surface area contributed by atoms with Crippen molar-refractivity contribution in [2.24, 2.45) is 0 Å². The first-order valence-electron chi connectivity index (χ1n) is 9.35. The lowest BCUT2D eigenvalue weighted by molar-refractivity contribution is -0.150. The van der Waals surface area contributed by atoms with Gasteiger partial charge in [0.15, 0.2) is 0 Å². The molecular formula is C22H24N4O3. The second kappa shape index (κ2) is 7.87. The molecule has 2 aromatic rings. The molecule has 7 nitrogen and oxygen atoms in total. The Bertz CT molecular complexity index is 1000. The largest absolute Gasteiger partial charge is 0.325 e. The van der Waals surface area contributed by atoms with E-state index in [2.05, 4.69) is 22.2 Å². The first-order valence-corrected chi connectivity index (χ1v) is 9.35. The normalized spacial score (nSPS) is 17.8. The standard InChI is InChI=1S/C22H24N4O3/c1-5-19(27)26-11-9-22(26,4)21(29)24-17-13-16(7-6-15(17)3)20(28)25-18-12-14(2)8-10-23-18/h5-8,10,12-13H,1,9,11H2,2-4H3,(H,24,29)(H,23,25,28). The zero-order valence-corrected chi connectivity index (χ0v) is 16.8. The van der Waals surface area contributed by atoms with E-state index in [1.807, 2.05) is 19.9 Å². The Kier molecular flexibility index (Phi) is 5.50. The molecule has 3 amide bonds. The molecule has 2 N–H and O–H groups in total. The van der Waals surface area contributed by atoms with Crippen LogP contribution in [-0.2, 0) is 9.59 Å². The first-order chi connectivity index (χ1) is 13.7. The van der Waals surface area contributed by atoms with Crippen molar-refractivity contribution in [3.63, 3.8) is 0 Å². The van der Waals surface area contributed by atoms with Gasteiger partial charge in [-0.05, 0) is 68.7 Å². The number of benzene rings is 1. The molecule has 2 heterocycles. The first kappa shape index (κ1) is 20.3. The highest BCUT2D eigenvalue weighted by Crippen LogP contribution is 2.32. The van der Waals surface area contributed by atoms with Crippen LogP contribution < -0.4 is 10.6 Å². The third-order valence-corrected chi connectivity index (χ3v) is 5.25. The molecule has 7 heteroatoms. The summed E-state index contributed by atoms with van der Waals surface area (Å²) in [7, 11) is 0. The van der Waals surface area contributed by atoms with E-state index in [0.29, 0.717) is 30.0 Å². The molecule has 1 aliphatic heterocycles. The van der Waals surface area contributed by atoms with E-state index in [4.69, 9.17) is 0 Å². The highest BCUT2D eigenvalue weighted by atomic mass is 16.2. The van der Waals surface area contributed by atoms with Gasteiger partial charge in [0.25, 0.3) is 5.91 Å². The fraction of sp³-hybridized carbons (Fsp3) is 0.273. The zero-order valence-electron chi connectivity index (χ0n) is 16.8. The Morgan fingerprint density at radius 1 is 1.17 bits per heavy atom. The minimum Gasteiger partial charge on any atom is -0.325 e. The molecule has 0 aliphatic carbocycles. The Hall–Kier alpha value is -3.48. The second-order valence-electron chi connectivity index (χ2n) is 7.37. The van der Waals surface area contributed by atoms with Crippen molar-refractivity contribution in [3.05, 3.63) is 65.9 Å². The molecule has 1 fully saturated rings. The van der Waals surface area contributed by atoms with Crippen molar-refractivity contribution in [1.82, 2.24) is 9.88 Å². The molecule has 0 spiro atoms. The highest BCUT2D eigenvalue weighted by molar-refractivity contribution is 6.06. The number of hydrogen-bond acceptors (Lipinski definition) is 4. The number of nitrogens with one attached hydrogen (secondary N) is 2. The van der Waals surface area contributed by atoms with Crippen LogP contribution in [0.4, 0.5) is 11.5 Å². The number of amides is 3. The molecule has 0 radical (unpaired) electrons. The number of carbonyl (C=O) groups is 3. The minimum atomic E-state index is -0.929. The number of anilines is 2. The lowest BCUT2D eigenvalue weighted by Crippen LogP contribution is -2.65. The summed E-state index contributed by atoms with van der Waals surface area (Å²) in [5.41, 5.74) is 1.79. The van der Waals surface area contributed by atoms with Crippen LogP contribution in [0.25, 0.3) is 0 Å². The van der Waals surface area contributed by atoms with Gasteiger partial charge >= 0.3 is 0 Å². The maximum absolute atomic E-state index is 12.9. The number of nitrogens with zero attached hydrogens (tertiary/aromatic N) is 2. The van der Waals surface area contributed by atoms with E-state index in [0.717, 1.165) is 11.1 Å². The predicted molar refractivity (Wildman–Crippen MR) is 112 cm³/mol. The summed E-state index contributed by atoms with van der Waals surface area (Å²) in [6.07, 6.45) is 3.40. The van der Waals surface area contributed by atoms with Crippen LogP contribution in [0.3, 0.4) is 0 Å². The maximum Gasteiger partial charge on any atom is 0.256 e. The Balaban J connectivity index is 1.77. The van der Waals surface area contributed by atoms with Gasteiger partial charge in [-0.2, -0.15) is 0 Å². The minimum absolute atomic E-state index is 0.274. The van der Waals surface area contributed by atoms with Gasteiger partial charge in [-0.3, -0.25) is 14.4 Å². The van der Waals surface area contributed by atoms with Crippen molar-refractivity contribution >= 4 is 29.2 Å². The Morgan fingerprint density at radius 2 is 1.93 bits per heavy atom. The van der Waals surface area contributed by atoms with Crippen LogP contribution in [0.2, 0.25) is 0 Å². The van der Waals surface area contributed by atoms with E-state index in [1.54, 1.807) is 37.4 Å². The van der Waals surface area contributed by atoms with Gasteiger partial charge in [0.2, 0.25) is 11.8 Å². The monoisotopic (exact) mass is 392 g/mol. The van der Waals surface area contributed by atoms with E-state index >= 15 is 0 Å². The van der Waals surface area contributed by atoms with Crippen LogP contribution in [0.15, 0.2) is 49.2 Å². The van der Waals surface area contributed by atoms with Gasteiger partial charge in [-0.1, -0.05) is 12.6 Å². The lowest BCUT2D eigenvalue weighted by atomic mass is 9.85. The topological polar surface area (TPSA) is 91.4 Å². The van der Waals surface area contributed by atoms with E-state index in [1.165, 1.54) is 11.0 Å². The molecule has 0 saturated carbocycles. The van der Waals surface area contributed by atoms with Gasteiger partial charge in [0.1, 0.15) is 11.4 Å². The molecule has 1 unspecified atom stereocenters. The fourth-order valence-electron chi connectivity index (χ4n) is 3.21. The third-order valence-electron chi connectivity index (χ3n) is 5.25. The van der Waals surface area contributed by atoms with Crippen LogP contribution in [0, 0.1) is 13.8 Å². The van der Waals surface area contributed by atoms with Gasteiger partial charge < -0.3 is 15.5 Å². The Labute approximate surface area is 169 Å². The molecule has 150 valence electrons. The van der Waals surface area contributed by atoms with Crippen molar-refractivity contribution in [3.8, 4) is 0 Å². The highest BCUT2D eigenvalue weighted by Gasteiger charge is 2.48. The quantitative estimate of drug-likeness (QED) is 0.765. The molecule has 1 aliphatic rings. The molecule has 0 bridgehead atoms. The molecule has 1 saturated heterocycles. The van der Waals surface area contributed by atoms with Crippen LogP contribution in [-0.4, -0.2) is 39.7 Å². The molecule has 3 rings (SSSR count). The van der Waals surface area contributed by atoms with Gasteiger partial charge in [-0.15, -0.1) is 0 Å². The molecule has 29 heavy (non-hydrogen) atoms. The van der Waals surface area contributed by atoms with E-state index < -0.39 is 5.54 Å². The number of aromatic nitrogens is 1. The summed E-state index contributed by atoms with van der Waals surface area (Å²) in [4.78, 5) is 43.0. The zero-order chi connectivity index (χ0) is 21.2. The van der Waals surface area contributed by atoms with Crippen molar-refractivity contribution in [2.45, 2.75) is 32.7 Å². The van der Waals surface area contributed by atoms with Gasteiger partial charge in [-0.25, -0.2) is 4.98 Å². The van der Waals surface area contributed by atoms with Crippen LogP contribution in [0.1, 0.15) is 34.8 Å². The average Bonchev–Trinajstić information content (AvgIpc) is 2.67. The summed E-state index contributed by atoms with van der Waals surface area (Å²) in [6.45, 7) is 9.48. The third kappa shape index (κ3) is 4.03. The maximum atomic E-state index is 12.9. The van der Waals surface area contributed by atoms with Gasteiger partial charge in [0, 0.05) is 24.0 Å². The summed E-state index contributed by atoms with van der Waals surface area (Å²) in [6, 6.07) is 8.70. The number of hydrogen-bond donors (Lipinski definition) is 2. The molecular weight excluding hydrogens is 368 g/mol. The van der Waals surface area contributed by atoms with E-state index in [-0.39, 0.29) is 17.7 Å².